The van der Waals surface area contributed by atoms with Crippen LogP contribution in [0.2, 0.25) is 0 Å². The highest BCUT2D eigenvalue weighted by molar-refractivity contribution is 5.01. The summed E-state index contributed by atoms with van der Waals surface area (Å²) in [5.41, 5.74) is 6.45. The van der Waals surface area contributed by atoms with E-state index >= 15 is 0 Å². The lowest BCUT2D eigenvalue weighted by Gasteiger charge is -2.27. The first-order chi connectivity index (χ1) is 5.47. The predicted molar refractivity (Wildman–Crippen MR) is 51.0 cm³/mol. The molecule has 0 aromatic rings. The van der Waals surface area contributed by atoms with E-state index in [4.69, 9.17) is 10.5 Å². The lowest BCUT2D eigenvalue weighted by atomic mass is 9.85. The van der Waals surface area contributed by atoms with Gasteiger partial charge < -0.3 is 10.5 Å². The van der Waals surface area contributed by atoms with Crippen molar-refractivity contribution in [2.75, 3.05) is 13.2 Å². The third-order valence-corrected chi connectivity index (χ3v) is 2.42. The van der Waals surface area contributed by atoms with E-state index in [0.29, 0.717) is 0 Å². The molecule has 0 heterocycles. The second-order valence-electron chi connectivity index (χ2n) is 4.84. The second kappa shape index (κ2) is 3.35. The molecule has 0 unspecified atom stereocenters. The molecule has 1 saturated carbocycles. The van der Waals surface area contributed by atoms with Gasteiger partial charge in [-0.15, -0.1) is 0 Å². The predicted octanol–water partition coefficient (Wildman–Crippen LogP) is 1.93. The maximum Gasteiger partial charge on any atom is 0.0517 e. The number of ether oxygens (including phenoxy) is 1. The third-order valence-electron chi connectivity index (χ3n) is 2.42. The molecule has 1 aliphatic rings. The Hall–Kier alpha value is -0.0800. The van der Waals surface area contributed by atoms with Crippen molar-refractivity contribution in [1.82, 2.24) is 0 Å². The fourth-order valence-corrected chi connectivity index (χ4v) is 1.72. The van der Waals surface area contributed by atoms with Gasteiger partial charge in [-0.05, 0) is 31.6 Å². The van der Waals surface area contributed by atoms with Crippen molar-refractivity contribution in [2.24, 2.45) is 11.1 Å². The number of hydrogen-bond acceptors (Lipinski definition) is 2. The van der Waals surface area contributed by atoms with Gasteiger partial charge in [0.15, 0.2) is 0 Å². The Morgan fingerprint density at radius 2 is 2.00 bits per heavy atom. The van der Waals surface area contributed by atoms with Crippen molar-refractivity contribution >= 4 is 0 Å². The van der Waals surface area contributed by atoms with Crippen LogP contribution in [-0.2, 0) is 4.74 Å². The molecule has 2 nitrogen and oxygen atoms in total. The summed E-state index contributed by atoms with van der Waals surface area (Å²) in [6, 6.07) is 0. The first-order valence-corrected chi connectivity index (χ1v) is 4.84. The molecule has 0 spiro atoms. The van der Waals surface area contributed by atoms with Gasteiger partial charge in [-0.25, -0.2) is 0 Å². The Labute approximate surface area is 75.5 Å². The fraction of sp³-hybridized carbons (Fsp3) is 1.00. The molecule has 0 amide bonds. The van der Waals surface area contributed by atoms with Gasteiger partial charge in [0.2, 0.25) is 0 Å². The summed E-state index contributed by atoms with van der Waals surface area (Å²) in [7, 11) is 0. The van der Waals surface area contributed by atoms with E-state index in [0.717, 1.165) is 19.6 Å². The quantitative estimate of drug-likeness (QED) is 0.686. The highest BCUT2D eigenvalue weighted by Crippen LogP contribution is 2.42. The summed E-state index contributed by atoms with van der Waals surface area (Å²) in [5, 5.41) is 0. The Kier molecular flexibility index (Phi) is 2.79. The zero-order valence-corrected chi connectivity index (χ0v) is 8.52. The van der Waals surface area contributed by atoms with Crippen LogP contribution in [0.25, 0.3) is 0 Å². The largest absolute Gasteiger partial charge is 0.381 e. The average molecular weight is 171 g/mol. The molecule has 1 rings (SSSR count). The molecule has 0 radical (unpaired) electrons. The summed E-state index contributed by atoms with van der Waals surface area (Å²) in [6.07, 6.45) is 3.49. The third kappa shape index (κ3) is 3.11. The fourth-order valence-electron chi connectivity index (χ4n) is 1.72. The van der Waals surface area contributed by atoms with Crippen LogP contribution in [-0.4, -0.2) is 18.8 Å². The van der Waals surface area contributed by atoms with Crippen LogP contribution in [0.3, 0.4) is 0 Å². The smallest absolute Gasteiger partial charge is 0.0517 e. The highest BCUT2D eigenvalue weighted by Gasteiger charge is 2.42. The first-order valence-electron chi connectivity index (χ1n) is 4.84. The number of rotatable bonds is 5. The van der Waals surface area contributed by atoms with Gasteiger partial charge in [0.05, 0.1) is 6.61 Å². The Bertz CT molecular complexity index is 150. The molecule has 0 bridgehead atoms. The summed E-state index contributed by atoms with van der Waals surface area (Å²) in [6.45, 7) is 8.14. The first kappa shape index (κ1) is 10.0. The van der Waals surface area contributed by atoms with Crippen LogP contribution in [0.1, 0.15) is 40.0 Å². The van der Waals surface area contributed by atoms with Crippen LogP contribution in [0.4, 0.5) is 0 Å². The molecule has 0 atom stereocenters. The van der Waals surface area contributed by atoms with Gasteiger partial charge in [-0.3, -0.25) is 0 Å². The maximum atomic E-state index is 6.05. The van der Waals surface area contributed by atoms with Gasteiger partial charge in [-0.2, -0.15) is 0 Å². The lowest BCUT2D eigenvalue weighted by molar-refractivity contribution is 0.0605. The molecule has 12 heavy (non-hydrogen) atoms. The topological polar surface area (TPSA) is 35.2 Å². The molecule has 0 aliphatic heterocycles. The van der Waals surface area contributed by atoms with E-state index in [1.807, 2.05) is 6.92 Å². The zero-order valence-electron chi connectivity index (χ0n) is 8.52. The van der Waals surface area contributed by atoms with Crippen molar-refractivity contribution in [3.63, 3.8) is 0 Å². The molecular weight excluding hydrogens is 150 g/mol. The monoisotopic (exact) mass is 171 g/mol. The van der Waals surface area contributed by atoms with E-state index < -0.39 is 0 Å². The van der Waals surface area contributed by atoms with Gasteiger partial charge in [0.25, 0.3) is 0 Å². The van der Waals surface area contributed by atoms with Gasteiger partial charge in [-0.1, -0.05) is 13.8 Å². The molecule has 2 N–H and O–H groups in total. The standard InChI is InChI=1S/C10H21NO/c1-4-12-8-9(2,3)7-10(11)5-6-10/h4-8,11H2,1-3H3. The van der Waals surface area contributed by atoms with Crippen molar-refractivity contribution in [3.8, 4) is 0 Å². The van der Waals surface area contributed by atoms with Crippen LogP contribution in [0, 0.1) is 5.41 Å². The Morgan fingerprint density at radius 1 is 1.42 bits per heavy atom. The minimum Gasteiger partial charge on any atom is -0.381 e. The van der Waals surface area contributed by atoms with Crippen LogP contribution < -0.4 is 5.73 Å². The maximum absolute atomic E-state index is 6.05. The summed E-state index contributed by atoms with van der Waals surface area (Å²) in [5.74, 6) is 0. The van der Waals surface area contributed by atoms with Gasteiger partial charge in [0, 0.05) is 12.1 Å². The van der Waals surface area contributed by atoms with Gasteiger partial charge in [0.1, 0.15) is 0 Å². The molecule has 72 valence electrons. The molecule has 0 aromatic carbocycles. The van der Waals surface area contributed by atoms with Crippen LogP contribution in [0.15, 0.2) is 0 Å². The molecule has 0 saturated heterocycles. The van der Waals surface area contributed by atoms with E-state index in [2.05, 4.69) is 13.8 Å². The van der Waals surface area contributed by atoms with Crippen molar-refractivity contribution in [2.45, 2.75) is 45.6 Å². The zero-order chi connectivity index (χ0) is 9.24. The second-order valence-corrected chi connectivity index (χ2v) is 4.84. The average Bonchev–Trinajstić information content (AvgIpc) is 2.62. The van der Waals surface area contributed by atoms with Crippen molar-refractivity contribution < 1.29 is 4.74 Å². The van der Waals surface area contributed by atoms with Crippen LogP contribution >= 0.6 is 0 Å². The van der Waals surface area contributed by atoms with Gasteiger partial charge >= 0.3 is 0 Å². The highest BCUT2D eigenvalue weighted by atomic mass is 16.5. The molecule has 1 aliphatic carbocycles. The minimum atomic E-state index is 0.153. The SMILES string of the molecule is CCOCC(C)(C)CC1(N)CC1. The Morgan fingerprint density at radius 3 is 2.42 bits per heavy atom. The normalized spacial score (nSPS) is 21.0. The summed E-state index contributed by atoms with van der Waals surface area (Å²) < 4.78 is 5.42. The van der Waals surface area contributed by atoms with E-state index in [1.165, 1.54) is 12.8 Å². The van der Waals surface area contributed by atoms with Crippen molar-refractivity contribution in [1.29, 1.82) is 0 Å². The molecule has 1 fully saturated rings. The number of nitrogens with two attached hydrogens (primary N) is 1. The minimum absolute atomic E-state index is 0.153. The van der Waals surface area contributed by atoms with Crippen LogP contribution in [0.5, 0.6) is 0 Å². The molecule has 2 heteroatoms. The number of hydrogen-bond donors (Lipinski definition) is 1. The van der Waals surface area contributed by atoms with E-state index in [9.17, 15) is 0 Å². The summed E-state index contributed by atoms with van der Waals surface area (Å²) >= 11 is 0. The summed E-state index contributed by atoms with van der Waals surface area (Å²) in [4.78, 5) is 0. The Balaban J connectivity index is 2.27. The lowest BCUT2D eigenvalue weighted by Crippen LogP contribution is -2.32. The van der Waals surface area contributed by atoms with E-state index in [-0.39, 0.29) is 11.0 Å². The molecular formula is C10H21NO. The molecule has 0 aromatic heterocycles. The van der Waals surface area contributed by atoms with Crippen molar-refractivity contribution in [3.05, 3.63) is 0 Å². The van der Waals surface area contributed by atoms with E-state index in [1.54, 1.807) is 0 Å².